The molecule has 4 aliphatic rings. The van der Waals surface area contributed by atoms with Crippen molar-refractivity contribution < 1.29 is 19.7 Å². The van der Waals surface area contributed by atoms with Gasteiger partial charge in [0, 0.05) is 16.5 Å². The number of aryl methyl sites for hydroxylation is 2. The molecule has 0 unspecified atom stereocenters. The Labute approximate surface area is 219 Å². The fourth-order valence-corrected chi connectivity index (χ4v) is 7.56. The van der Waals surface area contributed by atoms with E-state index in [-0.39, 0.29) is 41.5 Å². The van der Waals surface area contributed by atoms with Gasteiger partial charge < -0.3 is 19.7 Å². The van der Waals surface area contributed by atoms with E-state index in [4.69, 9.17) is 19.5 Å². The highest BCUT2D eigenvalue weighted by Gasteiger charge is 2.59. The molecule has 6 nitrogen and oxygen atoms in total. The highest BCUT2D eigenvalue weighted by Crippen LogP contribution is 2.64. The minimum atomic E-state index is -0.268. The SMILES string of the molecule is Cc1cc(C2=N[C@@H](CO)CO2)c2c(c1)C(C)(C)CC21CC(C)(C)c2cc(C)cc(C3=N[C@@H](CO)CO3)c21. The molecule has 37 heavy (non-hydrogen) atoms. The molecule has 0 fully saturated rings. The van der Waals surface area contributed by atoms with Gasteiger partial charge in [0.25, 0.3) is 0 Å². The van der Waals surface area contributed by atoms with Crippen LogP contribution in [0.2, 0.25) is 0 Å². The summed E-state index contributed by atoms with van der Waals surface area (Å²) < 4.78 is 12.3. The first-order valence-electron chi connectivity index (χ1n) is 13.4. The predicted molar refractivity (Wildman–Crippen MR) is 145 cm³/mol. The van der Waals surface area contributed by atoms with E-state index < -0.39 is 0 Å². The van der Waals surface area contributed by atoms with E-state index in [9.17, 15) is 10.2 Å². The van der Waals surface area contributed by atoms with Gasteiger partial charge in [-0.1, -0.05) is 51.0 Å². The van der Waals surface area contributed by atoms with E-state index in [1.54, 1.807) is 0 Å². The number of aliphatic hydroxyl groups is 2. The normalized spacial score (nSPS) is 25.9. The number of benzene rings is 2. The van der Waals surface area contributed by atoms with E-state index >= 15 is 0 Å². The topological polar surface area (TPSA) is 83.6 Å². The van der Waals surface area contributed by atoms with E-state index in [1.165, 1.54) is 33.4 Å². The summed E-state index contributed by atoms with van der Waals surface area (Å²) in [6, 6.07) is 8.67. The van der Waals surface area contributed by atoms with E-state index in [1.807, 2.05) is 0 Å². The Morgan fingerprint density at radius 3 is 1.49 bits per heavy atom. The predicted octanol–water partition coefficient (Wildman–Crippen LogP) is 4.23. The van der Waals surface area contributed by atoms with Gasteiger partial charge in [0.05, 0.1) is 13.2 Å². The molecule has 2 aromatic rings. The van der Waals surface area contributed by atoms with Crippen molar-refractivity contribution in [1.29, 1.82) is 0 Å². The van der Waals surface area contributed by atoms with Gasteiger partial charge in [0.1, 0.15) is 25.3 Å². The Bertz CT molecular complexity index is 1250. The number of ether oxygens (including phenoxy) is 2. The maximum Gasteiger partial charge on any atom is 0.216 e. The third kappa shape index (κ3) is 3.59. The summed E-state index contributed by atoms with van der Waals surface area (Å²) in [5.74, 6) is 1.29. The van der Waals surface area contributed by atoms with Crippen LogP contribution >= 0.6 is 0 Å². The van der Waals surface area contributed by atoms with Crippen LogP contribution < -0.4 is 0 Å². The molecule has 6 rings (SSSR count). The summed E-state index contributed by atoms with van der Waals surface area (Å²) >= 11 is 0. The van der Waals surface area contributed by atoms with Crippen molar-refractivity contribution >= 4 is 11.8 Å². The lowest BCUT2D eigenvalue weighted by atomic mass is 9.70. The Kier molecular flexibility index (Phi) is 5.42. The zero-order valence-corrected chi connectivity index (χ0v) is 22.8. The molecular weight excluding hydrogens is 464 g/mol. The van der Waals surface area contributed by atoms with Crippen LogP contribution in [0.5, 0.6) is 0 Å². The van der Waals surface area contributed by atoms with Crippen LogP contribution in [0.3, 0.4) is 0 Å². The third-order valence-electron chi connectivity index (χ3n) is 8.78. The Balaban J connectivity index is 1.67. The van der Waals surface area contributed by atoms with Crippen LogP contribution in [-0.4, -0.2) is 60.5 Å². The van der Waals surface area contributed by atoms with Crippen molar-refractivity contribution in [3.63, 3.8) is 0 Å². The smallest absolute Gasteiger partial charge is 0.216 e. The summed E-state index contributed by atoms with van der Waals surface area (Å²) in [5, 5.41) is 19.5. The Morgan fingerprint density at radius 1 is 0.730 bits per heavy atom. The van der Waals surface area contributed by atoms with Crippen LogP contribution in [0.25, 0.3) is 0 Å². The van der Waals surface area contributed by atoms with Gasteiger partial charge in [-0.05, 0) is 71.9 Å². The first-order chi connectivity index (χ1) is 17.5. The van der Waals surface area contributed by atoms with Crippen molar-refractivity contribution in [1.82, 2.24) is 0 Å². The monoisotopic (exact) mass is 502 g/mol. The molecule has 0 amide bonds. The van der Waals surface area contributed by atoms with Crippen LogP contribution in [-0.2, 0) is 25.7 Å². The zero-order chi connectivity index (χ0) is 26.3. The third-order valence-corrected chi connectivity index (χ3v) is 8.78. The lowest BCUT2D eigenvalue weighted by Gasteiger charge is -2.32. The fraction of sp³-hybridized carbons (Fsp3) is 0.548. The average Bonchev–Trinajstić information content (AvgIpc) is 3.58. The highest BCUT2D eigenvalue weighted by atomic mass is 16.5. The molecule has 2 aliphatic heterocycles. The molecule has 0 saturated carbocycles. The van der Waals surface area contributed by atoms with Crippen molar-refractivity contribution in [3.8, 4) is 0 Å². The summed E-state index contributed by atoms with van der Waals surface area (Å²) in [6.45, 7) is 14.5. The van der Waals surface area contributed by atoms with E-state index in [2.05, 4.69) is 65.8 Å². The maximum atomic E-state index is 9.76. The molecule has 0 aromatic heterocycles. The lowest BCUT2D eigenvalue weighted by Crippen LogP contribution is -2.30. The first kappa shape index (κ1) is 24.6. The van der Waals surface area contributed by atoms with Gasteiger partial charge in [-0.3, -0.25) is 0 Å². The van der Waals surface area contributed by atoms with Crippen LogP contribution in [0.4, 0.5) is 0 Å². The minimum Gasteiger partial charge on any atom is -0.475 e. The summed E-state index contributed by atoms with van der Waals surface area (Å²) in [7, 11) is 0. The Hall–Kier alpha value is -2.70. The number of hydrogen-bond acceptors (Lipinski definition) is 6. The van der Waals surface area contributed by atoms with Crippen LogP contribution in [0.1, 0.15) is 85.0 Å². The molecule has 2 aliphatic carbocycles. The second-order valence-corrected chi connectivity index (χ2v) is 12.8. The maximum absolute atomic E-state index is 9.76. The van der Waals surface area contributed by atoms with Crippen molar-refractivity contribution in [2.24, 2.45) is 9.98 Å². The van der Waals surface area contributed by atoms with Crippen molar-refractivity contribution in [2.75, 3.05) is 26.4 Å². The number of hydrogen-bond donors (Lipinski definition) is 2. The molecule has 2 aromatic carbocycles. The van der Waals surface area contributed by atoms with Gasteiger partial charge in [0.2, 0.25) is 11.8 Å². The molecule has 0 bridgehead atoms. The minimum absolute atomic E-state index is 0.0172. The van der Waals surface area contributed by atoms with Crippen molar-refractivity contribution in [2.45, 2.75) is 82.7 Å². The van der Waals surface area contributed by atoms with Gasteiger partial charge in [-0.2, -0.15) is 0 Å². The standard InChI is InChI=1S/C31H38N2O4/c1-17-7-21(27-32-19(11-34)13-36-27)25-23(9-17)29(3,4)15-31(25)16-30(5,6)24-10-18(2)8-22(26(24)31)28-33-20(12-35)14-37-28/h7-10,19-20,34-35H,11-16H2,1-6H3/t19-,20-,31?/m0/s1. The first-order valence-corrected chi connectivity index (χ1v) is 13.4. The molecule has 2 N–H and O–H groups in total. The summed E-state index contributed by atoms with van der Waals surface area (Å²) in [4.78, 5) is 9.59. The second-order valence-electron chi connectivity index (χ2n) is 12.8. The number of fused-ring (bicyclic) bond motifs is 4. The molecule has 196 valence electrons. The molecule has 2 atom stereocenters. The number of aliphatic hydroxyl groups excluding tert-OH is 2. The summed E-state index contributed by atoms with van der Waals surface area (Å²) in [6.07, 6.45) is 1.93. The Morgan fingerprint density at radius 2 is 1.14 bits per heavy atom. The lowest BCUT2D eigenvalue weighted by molar-refractivity contribution is 0.227. The average molecular weight is 503 g/mol. The summed E-state index contributed by atoms with van der Waals surface area (Å²) in [5.41, 5.74) is 9.39. The van der Waals surface area contributed by atoms with Gasteiger partial charge in [-0.15, -0.1) is 0 Å². The molecule has 0 radical (unpaired) electrons. The number of rotatable bonds is 4. The molecule has 2 heterocycles. The number of nitrogens with zero attached hydrogens (tertiary/aromatic N) is 2. The molecule has 0 saturated heterocycles. The zero-order valence-electron chi connectivity index (χ0n) is 22.8. The van der Waals surface area contributed by atoms with Gasteiger partial charge in [0.15, 0.2) is 0 Å². The molecule has 6 heteroatoms. The fourth-order valence-electron chi connectivity index (χ4n) is 7.56. The molecule has 1 spiro atoms. The molecular formula is C31H38N2O4. The van der Waals surface area contributed by atoms with E-state index in [0.29, 0.717) is 25.0 Å². The quantitative estimate of drug-likeness (QED) is 0.656. The van der Waals surface area contributed by atoms with Crippen LogP contribution in [0, 0.1) is 13.8 Å². The van der Waals surface area contributed by atoms with E-state index in [0.717, 1.165) is 24.0 Å². The van der Waals surface area contributed by atoms with Gasteiger partial charge in [-0.25, -0.2) is 9.98 Å². The number of aliphatic imine (C=N–C) groups is 2. The highest BCUT2D eigenvalue weighted by molar-refractivity contribution is 6.01. The largest absolute Gasteiger partial charge is 0.475 e. The van der Waals surface area contributed by atoms with Crippen molar-refractivity contribution in [3.05, 3.63) is 68.8 Å². The second kappa shape index (κ2) is 8.15. The van der Waals surface area contributed by atoms with Crippen LogP contribution in [0.15, 0.2) is 34.3 Å². The van der Waals surface area contributed by atoms with Gasteiger partial charge >= 0.3 is 0 Å².